The molecule has 1 saturated heterocycles. The quantitative estimate of drug-likeness (QED) is 0.815. The molecule has 0 bridgehead atoms. The summed E-state index contributed by atoms with van der Waals surface area (Å²) in [5.41, 5.74) is 0.844. The highest BCUT2D eigenvalue weighted by atomic mass is 19.1. The summed E-state index contributed by atoms with van der Waals surface area (Å²) in [6.07, 6.45) is 1.25. The van der Waals surface area contributed by atoms with Gasteiger partial charge in [-0.15, -0.1) is 0 Å². The maximum Gasteiger partial charge on any atom is 0.220 e. The molecule has 1 heterocycles. The maximum absolute atomic E-state index is 13.1. The number of carbonyl (C=O) groups excluding carboxylic acids is 1. The molecule has 1 amide bonds. The zero-order valence-corrected chi connectivity index (χ0v) is 9.59. The number of hydrogen-bond acceptors (Lipinski definition) is 1. The second-order valence-corrected chi connectivity index (χ2v) is 4.93. The van der Waals surface area contributed by atoms with Gasteiger partial charge in [0.15, 0.2) is 0 Å². The first-order valence-electron chi connectivity index (χ1n) is 5.53. The van der Waals surface area contributed by atoms with Crippen molar-refractivity contribution in [2.45, 2.75) is 32.7 Å². The third-order valence-corrected chi connectivity index (χ3v) is 3.48. The van der Waals surface area contributed by atoms with Crippen LogP contribution < -0.4 is 5.32 Å². The van der Waals surface area contributed by atoms with Crippen molar-refractivity contribution in [3.05, 3.63) is 35.6 Å². The molecule has 1 aliphatic rings. The van der Waals surface area contributed by atoms with E-state index in [1.807, 2.05) is 13.0 Å². The monoisotopic (exact) mass is 221 g/mol. The van der Waals surface area contributed by atoms with Gasteiger partial charge in [0, 0.05) is 17.9 Å². The lowest BCUT2D eigenvalue weighted by Crippen LogP contribution is -2.33. The summed E-state index contributed by atoms with van der Waals surface area (Å²) in [5.74, 6) is -0.127. The molecule has 2 atom stereocenters. The van der Waals surface area contributed by atoms with Gasteiger partial charge in [-0.1, -0.05) is 19.1 Å². The van der Waals surface area contributed by atoms with Gasteiger partial charge in [0.2, 0.25) is 5.91 Å². The summed E-state index contributed by atoms with van der Waals surface area (Å²) in [7, 11) is 0. The predicted octanol–water partition coefficient (Wildman–Crippen LogP) is 2.28. The minimum Gasteiger partial charge on any atom is -0.353 e. The topological polar surface area (TPSA) is 29.1 Å². The van der Waals surface area contributed by atoms with E-state index in [2.05, 4.69) is 12.2 Å². The second-order valence-electron chi connectivity index (χ2n) is 4.93. The van der Waals surface area contributed by atoms with Gasteiger partial charge in [0.05, 0.1) is 0 Å². The maximum atomic E-state index is 13.1. The minimum atomic E-state index is -0.217. The molecule has 1 fully saturated rings. The van der Waals surface area contributed by atoms with Gasteiger partial charge >= 0.3 is 0 Å². The van der Waals surface area contributed by atoms with Crippen molar-refractivity contribution in [2.24, 2.45) is 5.41 Å². The van der Waals surface area contributed by atoms with Gasteiger partial charge in [-0.2, -0.15) is 0 Å². The summed E-state index contributed by atoms with van der Waals surface area (Å²) in [5, 5.41) is 2.91. The van der Waals surface area contributed by atoms with Gasteiger partial charge < -0.3 is 5.32 Å². The first-order chi connectivity index (χ1) is 7.49. The van der Waals surface area contributed by atoms with E-state index in [-0.39, 0.29) is 23.2 Å². The summed E-state index contributed by atoms with van der Waals surface area (Å²) < 4.78 is 13.1. The lowest BCUT2D eigenvalue weighted by Gasteiger charge is -2.27. The van der Waals surface area contributed by atoms with E-state index in [0.29, 0.717) is 6.42 Å². The van der Waals surface area contributed by atoms with Crippen molar-refractivity contribution in [3.8, 4) is 0 Å². The molecule has 2 rings (SSSR count). The Hall–Kier alpha value is -1.38. The van der Waals surface area contributed by atoms with E-state index >= 15 is 0 Å². The zero-order chi connectivity index (χ0) is 11.8. The lowest BCUT2D eigenvalue weighted by atomic mass is 9.78. The molecule has 86 valence electrons. The van der Waals surface area contributed by atoms with E-state index in [1.54, 1.807) is 12.1 Å². The van der Waals surface area contributed by atoms with Crippen LogP contribution in [0.4, 0.5) is 4.39 Å². The van der Waals surface area contributed by atoms with Gasteiger partial charge in [-0.05, 0) is 31.0 Å². The van der Waals surface area contributed by atoms with Crippen molar-refractivity contribution >= 4 is 5.91 Å². The van der Waals surface area contributed by atoms with Crippen LogP contribution in [0.2, 0.25) is 0 Å². The van der Waals surface area contributed by atoms with Crippen molar-refractivity contribution in [2.75, 3.05) is 0 Å². The third-order valence-electron chi connectivity index (χ3n) is 3.48. The molecule has 0 radical (unpaired) electrons. The van der Waals surface area contributed by atoms with Crippen molar-refractivity contribution in [1.29, 1.82) is 0 Å². The molecular weight excluding hydrogens is 205 g/mol. The van der Waals surface area contributed by atoms with Crippen LogP contribution in [0.1, 0.15) is 25.8 Å². The Bertz CT molecular complexity index is 418. The molecule has 1 N–H and O–H groups in total. The van der Waals surface area contributed by atoms with Crippen LogP contribution in [0, 0.1) is 11.2 Å². The highest BCUT2D eigenvalue weighted by molar-refractivity contribution is 5.79. The summed E-state index contributed by atoms with van der Waals surface area (Å²) in [6, 6.07) is 6.74. The molecule has 0 aliphatic carbocycles. The first-order valence-corrected chi connectivity index (χ1v) is 5.53. The average molecular weight is 221 g/mol. The van der Waals surface area contributed by atoms with Crippen LogP contribution in [0.5, 0.6) is 0 Å². The lowest BCUT2D eigenvalue weighted by molar-refractivity contribution is -0.119. The van der Waals surface area contributed by atoms with Gasteiger partial charge in [0.25, 0.3) is 0 Å². The Morgan fingerprint density at radius 3 is 2.88 bits per heavy atom. The van der Waals surface area contributed by atoms with Crippen LogP contribution >= 0.6 is 0 Å². The average Bonchev–Trinajstić information content (AvgIpc) is 2.39. The summed E-state index contributed by atoms with van der Waals surface area (Å²) in [4.78, 5) is 11.3. The molecule has 16 heavy (non-hydrogen) atoms. The number of carbonyl (C=O) groups is 1. The molecular formula is C13H16FNO. The number of amides is 1. The van der Waals surface area contributed by atoms with E-state index in [4.69, 9.17) is 0 Å². The van der Waals surface area contributed by atoms with Gasteiger partial charge in [0.1, 0.15) is 5.82 Å². The van der Waals surface area contributed by atoms with Crippen molar-refractivity contribution < 1.29 is 9.18 Å². The van der Waals surface area contributed by atoms with E-state index in [9.17, 15) is 9.18 Å². The number of rotatable bonds is 2. The molecule has 1 aliphatic heterocycles. The first kappa shape index (κ1) is 11.1. The molecule has 2 nitrogen and oxygen atoms in total. The fourth-order valence-corrected chi connectivity index (χ4v) is 2.32. The molecule has 0 spiro atoms. The normalized spacial score (nSPS) is 29.2. The van der Waals surface area contributed by atoms with Crippen LogP contribution in [-0.2, 0) is 11.2 Å². The molecule has 1 aromatic carbocycles. The zero-order valence-electron chi connectivity index (χ0n) is 9.59. The molecule has 0 saturated carbocycles. The Balaban J connectivity index is 2.18. The largest absolute Gasteiger partial charge is 0.353 e. The Labute approximate surface area is 94.9 Å². The van der Waals surface area contributed by atoms with Crippen molar-refractivity contribution in [1.82, 2.24) is 5.32 Å². The molecule has 3 heteroatoms. The second kappa shape index (κ2) is 3.89. The van der Waals surface area contributed by atoms with E-state index in [0.717, 1.165) is 12.0 Å². The van der Waals surface area contributed by atoms with E-state index in [1.165, 1.54) is 6.07 Å². The number of nitrogens with one attached hydrogen (secondary N) is 1. The van der Waals surface area contributed by atoms with E-state index < -0.39 is 0 Å². The Kier molecular flexibility index (Phi) is 2.70. The predicted molar refractivity (Wildman–Crippen MR) is 60.4 cm³/mol. The highest BCUT2D eigenvalue weighted by Gasteiger charge is 2.40. The molecule has 2 unspecified atom stereocenters. The number of benzene rings is 1. The van der Waals surface area contributed by atoms with Crippen LogP contribution in [0.15, 0.2) is 24.3 Å². The smallest absolute Gasteiger partial charge is 0.220 e. The third kappa shape index (κ3) is 2.08. The Morgan fingerprint density at radius 1 is 1.56 bits per heavy atom. The van der Waals surface area contributed by atoms with Crippen molar-refractivity contribution in [3.63, 3.8) is 0 Å². The number of hydrogen-bond donors (Lipinski definition) is 1. The fourth-order valence-electron chi connectivity index (χ4n) is 2.32. The Morgan fingerprint density at radius 2 is 2.31 bits per heavy atom. The number of halogens is 1. The van der Waals surface area contributed by atoms with Gasteiger partial charge in [-0.25, -0.2) is 4.39 Å². The van der Waals surface area contributed by atoms with Gasteiger partial charge in [-0.3, -0.25) is 4.79 Å². The minimum absolute atomic E-state index is 0.0893. The SMILES string of the molecule is CC1NC(=O)CC1(C)Cc1cccc(F)c1. The van der Waals surface area contributed by atoms with Crippen LogP contribution in [0.3, 0.4) is 0 Å². The van der Waals surface area contributed by atoms with Crippen LogP contribution in [0.25, 0.3) is 0 Å². The van der Waals surface area contributed by atoms with Crippen LogP contribution in [-0.4, -0.2) is 11.9 Å². The molecule has 1 aromatic rings. The highest BCUT2D eigenvalue weighted by Crippen LogP contribution is 2.35. The molecule has 0 aromatic heterocycles. The summed E-state index contributed by atoms with van der Waals surface area (Å²) >= 11 is 0. The standard InChI is InChI=1S/C13H16FNO/c1-9-13(2,8-12(16)15-9)7-10-4-3-5-11(14)6-10/h3-6,9H,7-8H2,1-2H3,(H,15,16). The summed E-state index contributed by atoms with van der Waals surface area (Å²) in [6.45, 7) is 4.07. The fraction of sp³-hybridized carbons (Fsp3) is 0.462.